The predicted molar refractivity (Wildman–Crippen MR) is 254 cm³/mol. The number of fused-ring (bicyclic) bond motifs is 2. The van der Waals surface area contributed by atoms with Crippen LogP contribution in [-0.4, -0.2) is 94.9 Å². The number of rotatable bonds is 12. The minimum Gasteiger partial charge on any atom is -0.380 e. The van der Waals surface area contributed by atoms with E-state index in [0.717, 1.165) is 91.6 Å². The normalized spacial score (nSPS) is 17.3. The molecule has 1 unspecified atom stereocenters. The summed E-state index contributed by atoms with van der Waals surface area (Å²) in [6.07, 6.45) is 4.68. The Morgan fingerprint density at radius 1 is 0.908 bits per heavy atom. The summed E-state index contributed by atoms with van der Waals surface area (Å²) in [6, 6.07) is 23.3. The number of nitrogens with zero attached hydrogens (tertiary/aromatic N) is 4. The van der Waals surface area contributed by atoms with Crippen LogP contribution in [0, 0.1) is 36.5 Å². The molecule has 4 heterocycles. The highest BCUT2D eigenvalue weighted by Gasteiger charge is 2.31. The molecule has 3 aliphatic rings. The molecule has 13 heteroatoms. The smallest absolute Gasteiger partial charge is 0.329 e. The molecule has 3 aliphatic heterocycles. The van der Waals surface area contributed by atoms with Gasteiger partial charge in [0.1, 0.15) is 6.04 Å². The molecule has 2 atom stereocenters. The predicted octanol–water partition coefficient (Wildman–Crippen LogP) is 5.40. The number of nitrogens with one attached hydrogen (secondary N) is 4. The highest BCUT2D eigenvalue weighted by atomic mass is 16.2. The van der Waals surface area contributed by atoms with Crippen LogP contribution in [0.4, 0.5) is 5.69 Å². The molecule has 0 saturated carbocycles. The summed E-state index contributed by atoms with van der Waals surface area (Å²) in [7, 11) is 3.42. The summed E-state index contributed by atoms with van der Waals surface area (Å²) in [5.74, 6) is 12.8. The van der Waals surface area contributed by atoms with Gasteiger partial charge in [-0.2, -0.15) is 0 Å². The number of carbonyl (C=O) groups is 4. The fourth-order valence-corrected chi connectivity index (χ4v) is 9.05. The second kappa shape index (κ2) is 20.0. The minimum absolute atomic E-state index is 0.0540. The average molecular weight is 875 g/mol. The van der Waals surface area contributed by atoms with Gasteiger partial charge in [0.05, 0.1) is 29.7 Å². The lowest BCUT2D eigenvalue weighted by molar-refractivity contribution is -0.135. The van der Waals surface area contributed by atoms with E-state index >= 15 is 0 Å². The zero-order valence-corrected chi connectivity index (χ0v) is 37.8. The summed E-state index contributed by atoms with van der Waals surface area (Å²) in [4.78, 5) is 67.8. The number of benzene rings is 4. The molecule has 4 aromatic carbocycles. The Hall–Kier alpha value is -6.67. The Kier molecular flexibility index (Phi) is 13.8. The van der Waals surface area contributed by atoms with Crippen LogP contribution in [0.25, 0.3) is 21.8 Å². The van der Waals surface area contributed by atoms with Crippen LogP contribution in [0.3, 0.4) is 0 Å². The van der Waals surface area contributed by atoms with Gasteiger partial charge >= 0.3 is 5.69 Å². The largest absolute Gasteiger partial charge is 0.380 e. The Morgan fingerprint density at radius 2 is 1.69 bits per heavy atom. The van der Waals surface area contributed by atoms with Gasteiger partial charge in [0.2, 0.25) is 17.7 Å². The lowest BCUT2D eigenvalue weighted by atomic mass is 9.94. The molecule has 3 saturated heterocycles. The van der Waals surface area contributed by atoms with Crippen molar-refractivity contribution in [2.45, 2.75) is 76.9 Å². The molecule has 3 fully saturated rings. The van der Waals surface area contributed by atoms with Crippen molar-refractivity contribution in [3.8, 4) is 23.7 Å². The van der Waals surface area contributed by atoms with Gasteiger partial charge in [-0.1, -0.05) is 60.1 Å². The van der Waals surface area contributed by atoms with Crippen LogP contribution >= 0.6 is 0 Å². The number of carbonyl (C=O) groups excluding carboxylic acids is 4. The maximum atomic E-state index is 13.5. The van der Waals surface area contributed by atoms with Gasteiger partial charge in [0.15, 0.2) is 0 Å². The molecule has 336 valence electrons. The molecule has 13 nitrogen and oxygen atoms in total. The maximum absolute atomic E-state index is 13.5. The first-order valence-corrected chi connectivity index (χ1v) is 22.9. The maximum Gasteiger partial charge on any atom is 0.329 e. The number of imidazole rings is 1. The van der Waals surface area contributed by atoms with Gasteiger partial charge in [-0.3, -0.25) is 33.6 Å². The summed E-state index contributed by atoms with van der Waals surface area (Å²) in [6.45, 7) is 9.07. The zero-order valence-electron chi connectivity index (χ0n) is 37.8. The van der Waals surface area contributed by atoms with Crippen molar-refractivity contribution in [1.82, 2.24) is 34.9 Å². The third-order valence-electron chi connectivity index (χ3n) is 13.1. The first-order chi connectivity index (χ1) is 31.4. The van der Waals surface area contributed by atoms with Crippen molar-refractivity contribution in [2.75, 3.05) is 51.6 Å². The molecule has 8 rings (SSSR count). The van der Waals surface area contributed by atoms with Crippen molar-refractivity contribution >= 4 is 51.1 Å². The third kappa shape index (κ3) is 10.3. The molecule has 0 bridgehead atoms. The van der Waals surface area contributed by atoms with Crippen LogP contribution in [0.2, 0.25) is 0 Å². The fourth-order valence-electron chi connectivity index (χ4n) is 9.05. The van der Waals surface area contributed by atoms with E-state index in [2.05, 4.69) is 74.1 Å². The molecular weight excluding hydrogens is 817 g/mol. The first kappa shape index (κ1) is 44.9. The third-order valence-corrected chi connectivity index (χ3v) is 13.1. The van der Waals surface area contributed by atoms with Crippen molar-refractivity contribution in [3.05, 3.63) is 111 Å². The quantitative estimate of drug-likeness (QED) is 0.0741. The summed E-state index contributed by atoms with van der Waals surface area (Å²) >= 11 is 0. The second-order valence-electron chi connectivity index (χ2n) is 17.7. The molecular formula is C52H58N8O5. The van der Waals surface area contributed by atoms with Crippen LogP contribution in [0.5, 0.6) is 0 Å². The molecule has 0 spiro atoms. The van der Waals surface area contributed by atoms with Crippen molar-refractivity contribution in [1.29, 1.82) is 0 Å². The topological polar surface area (TPSA) is 150 Å². The van der Waals surface area contributed by atoms with Gasteiger partial charge in [-0.25, -0.2) is 4.79 Å². The second-order valence-corrected chi connectivity index (χ2v) is 17.7. The number of likely N-dealkylation sites (tertiary alicyclic amines) is 1. The first-order valence-electron chi connectivity index (χ1n) is 22.9. The van der Waals surface area contributed by atoms with E-state index in [1.54, 1.807) is 31.1 Å². The molecule has 4 N–H and O–H groups in total. The van der Waals surface area contributed by atoms with E-state index in [-0.39, 0.29) is 48.8 Å². The lowest BCUT2D eigenvalue weighted by Crippen LogP contribution is -2.51. The van der Waals surface area contributed by atoms with Crippen molar-refractivity contribution < 1.29 is 19.2 Å². The number of aromatic nitrogens is 2. The number of unbranched alkanes of at least 4 members (excludes halogenated alkanes) is 1. The lowest BCUT2D eigenvalue weighted by Gasteiger charge is -2.29. The number of amides is 4. The van der Waals surface area contributed by atoms with Crippen molar-refractivity contribution in [3.63, 3.8) is 0 Å². The van der Waals surface area contributed by atoms with E-state index in [1.807, 2.05) is 50.2 Å². The van der Waals surface area contributed by atoms with Gasteiger partial charge in [-0.05, 0) is 124 Å². The fraction of sp³-hybridized carbons (Fsp3) is 0.404. The molecule has 0 aliphatic carbocycles. The van der Waals surface area contributed by atoms with Crippen molar-refractivity contribution in [2.24, 2.45) is 13.0 Å². The summed E-state index contributed by atoms with van der Waals surface area (Å²) in [5, 5.41) is 14.5. The van der Waals surface area contributed by atoms with Gasteiger partial charge in [-0.15, -0.1) is 0 Å². The van der Waals surface area contributed by atoms with E-state index in [0.29, 0.717) is 40.5 Å². The van der Waals surface area contributed by atoms with E-state index in [4.69, 9.17) is 0 Å². The van der Waals surface area contributed by atoms with Crippen LogP contribution < -0.4 is 27.0 Å². The number of hydrogen-bond donors (Lipinski definition) is 4. The Bertz CT molecular complexity index is 2830. The Morgan fingerprint density at radius 3 is 2.45 bits per heavy atom. The summed E-state index contributed by atoms with van der Waals surface area (Å²) < 4.78 is 2.93. The molecule has 4 amide bonds. The number of anilines is 1. The minimum atomic E-state index is -0.743. The van der Waals surface area contributed by atoms with Gasteiger partial charge < -0.3 is 25.8 Å². The Labute approximate surface area is 380 Å². The number of hydrogen-bond acceptors (Lipinski definition) is 8. The van der Waals surface area contributed by atoms with E-state index < -0.39 is 11.9 Å². The standard InChI is InChI=1S/C52H58N8O5/c1-34-14-19-39(55-40-32-53-33-40)31-44(34)50(63)54-35(2)41-20-18-38(42-11-5-6-12-43(41)42)17-15-36-24-28-59(29-25-36)27-8-7-13-49(62)57(3)26-9-10-37-16-21-45-47(30-37)58(4)52(65)60(45)46-22-23-48(61)56-51(46)64/h5-6,11-12,14,16,18-21,30-31,35-36,40,46,53,55H,7-8,13,22-29,32-33H2,1-4H3,(H,54,63)(H,56,61,64)/t35-,46?/m1/s1. The molecule has 1 aromatic heterocycles. The number of aryl methyl sites for hydroxylation is 2. The van der Waals surface area contributed by atoms with Crippen LogP contribution in [0.15, 0.2) is 77.6 Å². The van der Waals surface area contributed by atoms with Crippen LogP contribution in [0.1, 0.15) is 96.6 Å². The van der Waals surface area contributed by atoms with E-state index in [9.17, 15) is 24.0 Å². The number of imide groups is 1. The zero-order chi connectivity index (χ0) is 45.6. The van der Waals surface area contributed by atoms with Gasteiger partial charge in [0, 0.05) is 68.3 Å². The average Bonchev–Trinajstić information content (AvgIpc) is 3.53. The van der Waals surface area contributed by atoms with Crippen LogP contribution in [-0.2, 0) is 21.4 Å². The van der Waals surface area contributed by atoms with Gasteiger partial charge in [0.25, 0.3) is 5.91 Å². The van der Waals surface area contributed by atoms with E-state index in [1.165, 1.54) is 9.13 Å². The molecule has 0 radical (unpaired) electrons. The monoisotopic (exact) mass is 874 g/mol. The SMILES string of the molecule is Cc1ccc(NC2CNC2)cc1C(=O)N[C@H](C)c1ccc(C#CC2CCN(CCCCC(=O)N(C)CC#Cc3ccc4c(c3)n(C)c(=O)n4C3CCC(=O)NC3=O)CC2)c2ccccc12. The molecule has 65 heavy (non-hydrogen) atoms. The molecule has 5 aromatic rings. The highest BCUT2D eigenvalue weighted by molar-refractivity contribution is 6.00. The highest BCUT2D eigenvalue weighted by Crippen LogP contribution is 2.29. The number of piperidine rings is 2. The summed E-state index contributed by atoms with van der Waals surface area (Å²) in [5.41, 5.74) is 6.26. The Balaban J connectivity index is 0.777.